The molecule has 0 bridgehead atoms. The fourth-order valence-electron chi connectivity index (χ4n) is 4.29. The number of nitrogens with zero attached hydrogens (tertiary/aromatic N) is 4. The number of nitrogen functional groups attached to an aromatic ring is 1. The maximum Gasteiger partial charge on any atom is 0.348 e. The molecule has 3 heterocycles. The summed E-state index contributed by atoms with van der Waals surface area (Å²) < 4.78 is 27.5. The minimum atomic E-state index is -2.89. The Morgan fingerprint density at radius 1 is 1.31 bits per heavy atom. The van der Waals surface area contributed by atoms with Gasteiger partial charge in [-0.3, -0.25) is 4.57 Å². The molecule has 3 aromatic rings. The number of phenolic OH excluding ortho intramolecular Hbond substituents is 1. The highest BCUT2D eigenvalue weighted by Crippen LogP contribution is 2.58. The summed E-state index contributed by atoms with van der Waals surface area (Å²) >= 11 is 5.82. The van der Waals surface area contributed by atoms with Crippen molar-refractivity contribution in [1.29, 1.82) is 0 Å². The van der Waals surface area contributed by atoms with E-state index in [2.05, 4.69) is 15.0 Å². The summed E-state index contributed by atoms with van der Waals surface area (Å²) in [6.07, 6.45) is -6.21. The Kier molecular flexibility index (Phi) is 5.10. The highest BCUT2D eigenvalue weighted by Gasteiger charge is 2.80. The van der Waals surface area contributed by atoms with Crippen LogP contribution in [0.3, 0.4) is 0 Å². The first-order valence-corrected chi connectivity index (χ1v) is 10.5. The minimum Gasteiger partial charge on any atom is -0.508 e. The van der Waals surface area contributed by atoms with Gasteiger partial charge in [-0.15, -0.1) is 0 Å². The number of phenols is 1. The summed E-state index contributed by atoms with van der Waals surface area (Å²) in [5, 5.41) is 39.8. The van der Waals surface area contributed by atoms with Crippen molar-refractivity contribution in [3.8, 4) is 5.75 Å². The van der Waals surface area contributed by atoms with Crippen LogP contribution in [0.2, 0.25) is 5.28 Å². The van der Waals surface area contributed by atoms with E-state index in [0.29, 0.717) is 0 Å². The van der Waals surface area contributed by atoms with Crippen molar-refractivity contribution in [3.05, 3.63) is 41.4 Å². The molecule has 1 saturated carbocycles. The number of aromatic nitrogens is 4. The number of aliphatic hydroxyl groups is 1. The lowest BCUT2D eigenvalue weighted by Crippen LogP contribution is -2.53. The molecule has 5 atom stereocenters. The number of fused-ring (bicyclic) bond motifs is 2. The average molecular weight is 510 g/mol. The number of hydrogen-bond donors (Lipinski definition) is 5. The number of carboxylic acids is 2. The average Bonchev–Trinajstić information content (AvgIpc) is 3.04. The van der Waals surface area contributed by atoms with E-state index in [1.165, 1.54) is 24.3 Å². The van der Waals surface area contributed by atoms with Crippen LogP contribution in [-0.2, 0) is 25.5 Å². The summed E-state index contributed by atoms with van der Waals surface area (Å²) in [7, 11) is 0. The molecule has 13 nitrogen and oxygen atoms in total. The van der Waals surface area contributed by atoms with Crippen molar-refractivity contribution in [2.45, 2.75) is 42.2 Å². The smallest absolute Gasteiger partial charge is 0.348 e. The number of carbonyl (C=O) groups is 2. The second kappa shape index (κ2) is 7.71. The van der Waals surface area contributed by atoms with E-state index in [-0.39, 0.29) is 33.6 Å². The van der Waals surface area contributed by atoms with Crippen LogP contribution in [0, 0.1) is 0 Å². The van der Waals surface area contributed by atoms with Crippen molar-refractivity contribution < 1.29 is 43.9 Å². The highest BCUT2D eigenvalue weighted by atomic mass is 35.5. The number of aromatic hydroxyl groups is 1. The molecule has 35 heavy (non-hydrogen) atoms. The topological polar surface area (TPSA) is 203 Å². The maximum absolute atomic E-state index is 15.5. The predicted molar refractivity (Wildman–Crippen MR) is 113 cm³/mol. The number of aliphatic carboxylic acids is 2. The van der Waals surface area contributed by atoms with Gasteiger partial charge >= 0.3 is 11.9 Å². The molecule has 1 aliphatic carbocycles. The first-order chi connectivity index (χ1) is 16.5. The highest BCUT2D eigenvalue weighted by molar-refractivity contribution is 6.28. The van der Waals surface area contributed by atoms with E-state index in [9.17, 15) is 30.0 Å². The molecule has 2 fully saturated rings. The van der Waals surface area contributed by atoms with Crippen LogP contribution in [0.15, 0.2) is 30.6 Å². The van der Waals surface area contributed by atoms with E-state index >= 15 is 4.39 Å². The largest absolute Gasteiger partial charge is 0.508 e. The molecule has 0 spiro atoms. The number of halogens is 2. The third-order valence-electron chi connectivity index (χ3n) is 6.13. The molecule has 5 rings (SSSR count). The van der Waals surface area contributed by atoms with E-state index < -0.39 is 54.2 Å². The normalized spacial score (nSPS) is 27.6. The lowest BCUT2D eigenvalue weighted by Gasteiger charge is -2.28. The molecular formula is C20H17ClFN5O8. The lowest BCUT2D eigenvalue weighted by atomic mass is 9.94. The molecular weight excluding hydrogens is 493 g/mol. The van der Waals surface area contributed by atoms with Crippen molar-refractivity contribution in [3.63, 3.8) is 0 Å². The number of carboxylic acid groups (broad SMARTS) is 2. The zero-order valence-electron chi connectivity index (χ0n) is 17.4. The van der Waals surface area contributed by atoms with Gasteiger partial charge in [-0.05, 0) is 29.3 Å². The number of benzene rings is 1. The van der Waals surface area contributed by atoms with Crippen LogP contribution >= 0.6 is 11.6 Å². The van der Waals surface area contributed by atoms with Gasteiger partial charge in [-0.25, -0.2) is 19.0 Å². The van der Waals surface area contributed by atoms with Crippen LogP contribution in [0.1, 0.15) is 11.8 Å². The summed E-state index contributed by atoms with van der Waals surface area (Å²) in [4.78, 5) is 35.8. The zero-order valence-corrected chi connectivity index (χ0v) is 18.2. The van der Waals surface area contributed by atoms with Crippen molar-refractivity contribution in [2.75, 3.05) is 5.73 Å². The van der Waals surface area contributed by atoms with E-state index in [1.54, 1.807) is 0 Å². The maximum atomic E-state index is 15.5. The third kappa shape index (κ3) is 3.36. The van der Waals surface area contributed by atoms with Crippen molar-refractivity contribution >= 4 is 40.5 Å². The zero-order chi connectivity index (χ0) is 25.3. The number of ether oxygens (including phenoxy) is 2. The molecule has 0 amide bonds. The van der Waals surface area contributed by atoms with Crippen LogP contribution in [-0.4, -0.2) is 81.5 Å². The predicted octanol–water partition coefficient (Wildman–Crippen LogP) is 0.284. The van der Waals surface area contributed by atoms with Gasteiger partial charge in [0.1, 0.15) is 23.5 Å². The van der Waals surface area contributed by atoms with Crippen LogP contribution in [0.25, 0.3) is 11.2 Å². The van der Waals surface area contributed by atoms with Gasteiger partial charge < -0.3 is 35.6 Å². The monoisotopic (exact) mass is 509 g/mol. The second-order valence-electron chi connectivity index (χ2n) is 8.26. The number of anilines is 1. The Bertz CT molecular complexity index is 1360. The molecule has 2 aromatic heterocycles. The van der Waals surface area contributed by atoms with Gasteiger partial charge in [0.05, 0.1) is 6.33 Å². The van der Waals surface area contributed by atoms with Gasteiger partial charge in [-0.1, -0.05) is 12.1 Å². The standard InChI is InChI=1S/C20H17ClFN5O8/c21-18-25-13(23)9-14(26-18)27(6-24-9)15-10(22)20(33)11(34-15)12(20)35-19(16(29)30,17(31)32)5-7-2-1-3-8(28)4-7/h1-4,6,10-12,15,28,33H,5H2,(H,29,30)(H,31,32)(H2,23,25,26)/t10-,11-,12?,15-,20+/m1/s1. The number of nitrogens with two attached hydrogens (primary N) is 1. The molecule has 1 saturated heterocycles. The second-order valence-corrected chi connectivity index (χ2v) is 8.60. The van der Waals surface area contributed by atoms with Crippen molar-refractivity contribution in [1.82, 2.24) is 19.5 Å². The summed E-state index contributed by atoms with van der Waals surface area (Å²) in [5.41, 5.74) is 0.780. The molecule has 6 N–H and O–H groups in total. The number of hydrogen-bond acceptors (Lipinski definition) is 10. The Morgan fingerprint density at radius 2 is 2.03 bits per heavy atom. The Balaban J connectivity index is 1.42. The Hall–Kier alpha value is -3.59. The third-order valence-corrected chi connectivity index (χ3v) is 6.30. The molecule has 1 unspecified atom stereocenters. The van der Waals surface area contributed by atoms with Crippen LogP contribution in [0.5, 0.6) is 5.75 Å². The van der Waals surface area contributed by atoms with Gasteiger partial charge in [-0.2, -0.15) is 9.97 Å². The van der Waals surface area contributed by atoms with Gasteiger partial charge in [0.15, 0.2) is 29.5 Å². The SMILES string of the molecule is Nc1nc(Cl)nc2c1ncn2[C@@H]1O[C@@H]2C(OC(Cc3cccc(O)c3)(C(=O)O)C(=O)O)[C@]2(O)[C@@H]1F. The lowest BCUT2D eigenvalue weighted by molar-refractivity contribution is -0.194. The summed E-state index contributed by atoms with van der Waals surface area (Å²) in [5.74, 6) is -4.04. The van der Waals surface area contributed by atoms with E-state index in [0.717, 1.165) is 10.9 Å². The Labute approximate surface area is 199 Å². The Morgan fingerprint density at radius 3 is 2.63 bits per heavy atom. The first kappa shape index (κ1) is 23.2. The number of rotatable bonds is 7. The summed E-state index contributed by atoms with van der Waals surface area (Å²) in [6.45, 7) is 0. The van der Waals surface area contributed by atoms with E-state index in [4.69, 9.17) is 26.8 Å². The molecule has 184 valence electrons. The van der Waals surface area contributed by atoms with Gasteiger partial charge in [0.25, 0.3) is 5.60 Å². The number of imidazole rings is 1. The fraction of sp³-hybridized carbons (Fsp3) is 0.350. The molecule has 0 radical (unpaired) electrons. The van der Waals surface area contributed by atoms with Crippen molar-refractivity contribution in [2.24, 2.45) is 0 Å². The van der Waals surface area contributed by atoms with E-state index in [1.807, 2.05) is 0 Å². The van der Waals surface area contributed by atoms with Crippen LogP contribution < -0.4 is 5.73 Å². The van der Waals surface area contributed by atoms with Gasteiger partial charge in [0.2, 0.25) is 5.28 Å². The molecule has 2 aliphatic rings. The first-order valence-electron chi connectivity index (χ1n) is 10.1. The fourth-order valence-corrected chi connectivity index (χ4v) is 4.46. The minimum absolute atomic E-state index is 0.0341. The molecule has 1 aromatic carbocycles. The van der Waals surface area contributed by atoms with Gasteiger partial charge in [0, 0.05) is 6.42 Å². The summed E-state index contributed by atoms with van der Waals surface area (Å²) in [6, 6.07) is 5.26. The van der Waals surface area contributed by atoms with Crippen LogP contribution in [0.4, 0.5) is 10.2 Å². The molecule has 1 aliphatic heterocycles. The number of alkyl halides is 1. The quantitative estimate of drug-likeness (QED) is 0.215. The molecule has 15 heteroatoms.